The van der Waals surface area contributed by atoms with Crippen molar-refractivity contribution < 1.29 is 14.7 Å². The highest BCUT2D eigenvalue weighted by atomic mass is 16.4. The highest BCUT2D eigenvalue weighted by molar-refractivity contribution is 5.76. The van der Waals surface area contributed by atoms with Gasteiger partial charge >= 0.3 is 12.0 Å². The van der Waals surface area contributed by atoms with Crippen LogP contribution in [0.25, 0.3) is 0 Å². The van der Waals surface area contributed by atoms with Gasteiger partial charge in [0.1, 0.15) is 0 Å². The van der Waals surface area contributed by atoms with E-state index in [1.54, 1.807) is 0 Å². The topological polar surface area (TPSA) is 72.9 Å². The van der Waals surface area contributed by atoms with Crippen LogP contribution in [0, 0.1) is 5.92 Å². The van der Waals surface area contributed by atoms with Crippen molar-refractivity contribution in [2.45, 2.75) is 56.7 Å². The molecule has 3 rings (SSSR count). The Hall–Kier alpha value is -1.30. The summed E-state index contributed by atoms with van der Waals surface area (Å²) in [5.74, 6) is -0.479. The maximum absolute atomic E-state index is 12.5. The lowest BCUT2D eigenvalue weighted by molar-refractivity contribution is -0.138. The van der Waals surface area contributed by atoms with Gasteiger partial charge in [-0.05, 0) is 51.6 Å². The van der Waals surface area contributed by atoms with Crippen LogP contribution in [-0.2, 0) is 4.79 Å². The van der Waals surface area contributed by atoms with Crippen molar-refractivity contribution in [3.8, 4) is 0 Å². The summed E-state index contributed by atoms with van der Waals surface area (Å²) < 4.78 is 0. The van der Waals surface area contributed by atoms with Gasteiger partial charge in [0.05, 0.1) is 0 Å². The van der Waals surface area contributed by atoms with E-state index in [-0.39, 0.29) is 36.5 Å². The minimum absolute atomic E-state index is 0.0663. The standard InChI is InChI=1S/C15H25N3O3/c1-17-5-4-11(9-17)16-15(21)18-12-2-3-13(18)7-10(6-12)8-14(19)20/h10-13H,2-9H2,1H3,(H,16,21)(H,19,20). The second-order valence-corrected chi connectivity index (χ2v) is 6.92. The molecule has 3 saturated heterocycles. The van der Waals surface area contributed by atoms with E-state index in [4.69, 9.17) is 5.11 Å². The van der Waals surface area contributed by atoms with Gasteiger partial charge in [-0.1, -0.05) is 0 Å². The first-order chi connectivity index (χ1) is 10.0. The van der Waals surface area contributed by atoms with Crippen molar-refractivity contribution in [1.29, 1.82) is 0 Å². The minimum atomic E-state index is -0.716. The van der Waals surface area contributed by atoms with Crippen molar-refractivity contribution >= 4 is 12.0 Å². The summed E-state index contributed by atoms with van der Waals surface area (Å²) in [6.07, 6.45) is 5.02. The van der Waals surface area contributed by atoms with Crippen LogP contribution in [-0.4, -0.2) is 65.2 Å². The number of amides is 2. The van der Waals surface area contributed by atoms with Crippen LogP contribution in [0.2, 0.25) is 0 Å². The van der Waals surface area contributed by atoms with Gasteiger partial charge in [-0.3, -0.25) is 4.79 Å². The summed E-state index contributed by atoms with van der Waals surface area (Å²) in [6.45, 7) is 1.97. The number of rotatable bonds is 3. The molecule has 3 fully saturated rings. The summed E-state index contributed by atoms with van der Waals surface area (Å²) in [6, 6.07) is 0.815. The van der Waals surface area contributed by atoms with Gasteiger partial charge in [-0.15, -0.1) is 0 Å². The van der Waals surface area contributed by atoms with Crippen LogP contribution in [0.3, 0.4) is 0 Å². The Morgan fingerprint density at radius 2 is 1.86 bits per heavy atom. The Bertz CT molecular complexity index is 414. The molecule has 0 saturated carbocycles. The summed E-state index contributed by atoms with van der Waals surface area (Å²) in [7, 11) is 2.08. The molecule has 0 radical (unpaired) electrons. The van der Waals surface area contributed by atoms with Crippen molar-refractivity contribution in [2.24, 2.45) is 5.92 Å². The second-order valence-electron chi connectivity index (χ2n) is 6.92. The molecule has 0 aromatic rings. The number of carboxylic acid groups (broad SMARTS) is 1. The number of carbonyl (C=O) groups is 2. The van der Waals surface area contributed by atoms with Crippen LogP contribution in [0.4, 0.5) is 4.79 Å². The zero-order valence-electron chi connectivity index (χ0n) is 12.6. The Labute approximate surface area is 125 Å². The zero-order valence-corrected chi connectivity index (χ0v) is 12.6. The zero-order chi connectivity index (χ0) is 15.0. The predicted molar refractivity (Wildman–Crippen MR) is 78.1 cm³/mol. The number of likely N-dealkylation sites (tertiary alicyclic amines) is 1. The molecule has 3 aliphatic rings. The number of nitrogens with one attached hydrogen (secondary N) is 1. The molecule has 3 aliphatic heterocycles. The summed E-state index contributed by atoms with van der Waals surface area (Å²) in [5, 5.41) is 12.1. The van der Waals surface area contributed by atoms with Crippen LogP contribution >= 0.6 is 0 Å². The number of carboxylic acids is 1. The number of hydrogen-bond acceptors (Lipinski definition) is 3. The normalized spacial score (nSPS) is 36.0. The predicted octanol–water partition coefficient (Wildman–Crippen LogP) is 1.12. The molecule has 2 amide bonds. The quantitative estimate of drug-likeness (QED) is 0.818. The molecule has 6 heteroatoms. The summed E-state index contributed by atoms with van der Waals surface area (Å²) in [5.41, 5.74) is 0. The molecular formula is C15H25N3O3. The average molecular weight is 295 g/mol. The summed E-state index contributed by atoms with van der Waals surface area (Å²) >= 11 is 0. The maximum atomic E-state index is 12.5. The van der Waals surface area contributed by atoms with E-state index in [2.05, 4.69) is 17.3 Å². The number of nitrogens with zero attached hydrogens (tertiary/aromatic N) is 2. The third-order valence-corrected chi connectivity index (χ3v) is 5.25. The van der Waals surface area contributed by atoms with Gasteiger partial charge in [0.15, 0.2) is 0 Å². The van der Waals surface area contributed by atoms with E-state index in [1.807, 2.05) is 4.90 Å². The van der Waals surface area contributed by atoms with Crippen LogP contribution < -0.4 is 5.32 Å². The first-order valence-electron chi connectivity index (χ1n) is 8.02. The molecule has 0 aliphatic carbocycles. The highest BCUT2D eigenvalue weighted by Gasteiger charge is 2.44. The first-order valence-corrected chi connectivity index (χ1v) is 8.02. The van der Waals surface area contributed by atoms with Gasteiger partial charge in [-0.2, -0.15) is 0 Å². The third-order valence-electron chi connectivity index (χ3n) is 5.25. The molecular weight excluding hydrogens is 270 g/mol. The van der Waals surface area contributed by atoms with E-state index in [1.165, 1.54) is 0 Å². The van der Waals surface area contributed by atoms with E-state index in [0.717, 1.165) is 45.2 Å². The highest BCUT2D eigenvalue weighted by Crippen LogP contribution is 2.39. The van der Waals surface area contributed by atoms with Gasteiger partial charge in [0.2, 0.25) is 0 Å². The van der Waals surface area contributed by atoms with Gasteiger partial charge < -0.3 is 20.2 Å². The number of carbonyl (C=O) groups excluding carboxylic acids is 1. The first kappa shape index (κ1) is 14.6. The van der Waals surface area contributed by atoms with Crippen molar-refractivity contribution in [3.63, 3.8) is 0 Å². The van der Waals surface area contributed by atoms with Crippen LogP contribution in [0.15, 0.2) is 0 Å². The molecule has 6 nitrogen and oxygen atoms in total. The maximum Gasteiger partial charge on any atom is 0.318 e. The van der Waals surface area contributed by atoms with Crippen LogP contribution in [0.5, 0.6) is 0 Å². The van der Waals surface area contributed by atoms with Gasteiger partial charge in [0, 0.05) is 31.1 Å². The van der Waals surface area contributed by atoms with E-state index < -0.39 is 5.97 Å². The molecule has 3 heterocycles. The molecule has 0 aromatic heterocycles. The van der Waals surface area contributed by atoms with Crippen LogP contribution in [0.1, 0.15) is 38.5 Å². The molecule has 3 unspecified atom stereocenters. The largest absolute Gasteiger partial charge is 0.481 e. The number of urea groups is 1. The number of likely N-dealkylation sites (N-methyl/N-ethyl adjacent to an activating group) is 1. The third kappa shape index (κ3) is 3.15. The van der Waals surface area contributed by atoms with E-state index in [9.17, 15) is 9.59 Å². The lowest BCUT2D eigenvalue weighted by Crippen LogP contribution is -2.53. The Balaban J connectivity index is 1.57. The molecule has 0 spiro atoms. The minimum Gasteiger partial charge on any atom is -0.481 e. The van der Waals surface area contributed by atoms with E-state index in [0.29, 0.717) is 0 Å². The van der Waals surface area contributed by atoms with Crippen molar-refractivity contribution in [3.05, 3.63) is 0 Å². The Kier molecular flexibility index (Phi) is 4.06. The fraction of sp³-hybridized carbons (Fsp3) is 0.867. The molecule has 2 N–H and O–H groups in total. The molecule has 2 bridgehead atoms. The molecule has 0 aromatic carbocycles. The lowest BCUT2D eigenvalue weighted by atomic mass is 9.88. The van der Waals surface area contributed by atoms with E-state index >= 15 is 0 Å². The molecule has 3 atom stereocenters. The fourth-order valence-electron chi connectivity index (χ4n) is 4.34. The Morgan fingerprint density at radius 3 is 2.38 bits per heavy atom. The SMILES string of the molecule is CN1CCC(NC(=O)N2C3CCC2CC(CC(=O)O)C3)C1. The smallest absolute Gasteiger partial charge is 0.318 e. The van der Waals surface area contributed by atoms with Gasteiger partial charge in [0.25, 0.3) is 0 Å². The number of fused-ring (bicyclic) bond motifs is 2. The number of aliphatic carboxylic acids is 1. The summed E-state index contributed by atoms with van der Waals surface area (Å²) in [4.78, 5) is 27.7. The Morgan fingerprint density at radius 1 is 1.19 bits per heavy atom. The lowest BCUT2D eigenvalue weighted by Gasteiger charge is -2.39. The molecule has 118 valence electrons. The monoisotopic (exact) mass is 295 g/mol. The van der Waals surface area contributed by atoms with Crippen molar-refractivity contribution in [1.82, 2.24) is 15.1 Å². The average Bonchev–Trinajstić information content (AvgIpc) is 2.91. The van der Waals surface area contributed by atoms with Gasteiger partial charge in [-0.25, -0.2) is 4.79 Å². The number of piperidine rings is 1. The second kappa shape index (κ2) is 5.83. The van der Waals surface area contributed by atoms with Crippen molar-refractivity contribution in [2.75, 3.05) is 20.1 Å². The fourth-order valence-corrected chi connectivity index (χ4v) is 4.34. The number of hydrogen-bond donors (Lipinski definition) is 2. The molecule has 21 heavy (non-hydrogen) atoms.